The third-order valence-corrected chi connectivity index (χ3v) is 2.50. The van der Waals surface area contributed by atoms with Gasteiger partial charge in [-0.25, -0.2) is 8.78 Å². The van der Waals surface area contributed by atoms with Crippen molar-refractivity contribution in [1.29, 1.82) is 0 Å². The molecule has 3 heteroatoms. The van der Waals surface area contributed by atoms with Gasteiger partial charge in [0.25, 0.3) is 0 Å². The number of ether oxygens (including phenoxy) is 1. The Labute approximate surface area is 85.8 Å². The molecule has 1 rings (SSSR count). The molecule has 1 aliphatic carbocycles. The van der Waals surface area contributed by atoms with Gasteiger partial charge in [-0.3, -0.25) is 0 Å². The predicted molar refractivity (Wildman–Crippen MR) is 54.7 cm³/mol. The molecule has 1 fully saturated rings. The zero-order valence-corrected chi connectivity index (χ0v) is 9.70. The van der Waals surface area contributed by atoms with Gasteiger partial charge in [-0.2, -0.15) is 0 Å². The van der Waals surface area contributed by atoms with Gasteiger partial charge in [0.05, 0.1) is 6.61 Å². The van der Waals surface area contributed by atoms with Crippen molar-refractivity contribution >= 4 is 0 Å². The molecule has 0 heterocycles. The van der Waals surface area contributed by atoms with Gasteiger partial charge < -0.3 is 4.74 Å². The molecule has 0 aromatic rings. The maximum Gasteiger partial charge on any atom is 0.245 e. The van der Waals surface area contributed by atoms with Crippen LogP contribution in [0.3, 0.4) is 0 Å². The van der Waals surface area contributed by atoms with Crippen molar-refractivity contribution in [3.05, 3.63) is 0 Å². The van der Waals surface area contributed by atoms with E-state index in [1.807, 2.05) is 13.8 Å². The number of halogens is 2. The summed E-state index contributed by atoms with van der Waals surface area (Å²) in [5.74, 6) is -2.51. The maximum atomic E-state index is 12.5. The first-order chi connectivity index (χ1) is 6.47. The van der Waals surface area contributed by atoms with E-state index in [-0.39, 0.29) is 11.8 Å². The minimum absolute atomic E-state index is 0.00361. The van der Waals surface area contributed by atoms with Gasteiger partial charge in [-0.1, -0.05) is 13.8 Å². The summed E-state index contributed by atoms with van der Waals surface area (Å²) >= 11 is 0. The van der Waals surface area contributed by atoms with Crippen LogP contribution in [0.25, 0.3) is 0 Å². The van der Waals surface area contributed by atoms with Crippen LogP contribution in [0.4, 0.5) is 8.78 Å². The Morgan fingerprint density at radius 3 is 2.07 bits per heavy atom. The molecule has 0 aromatic heterocycles. The lowest BCUT2D eigenvalue weighted by Crippen LogP contribution is -2.16. The van der Waals surface area contributed by atoms with Crippen molar-refractivity contribution in [2.75, 3.05) is 13.7 Å². The highest BCUT2D eigenvalue weighted by Gasteiger charge is 2.43. The highest BCUT2D eigenvalue weighted by atomic mass is 19.3. The Bertz CT molecular complexity index is 148. The van der Waals surface area contributed by atoms with Crippen molar-refractivity contribution < 1.29 is 13.5 Å². The summed E-state index contributed by atoms with van der Waals surface area (Å²) in [6.45, 7) is 5.62. The van der Waals surface area contributed by atoms with Crippen LogP contribution in [0.1, 0.15) is 46.5 Å². The summed E-state index contributed by atoms with van der Waals surface area (Å²) in [6.07, 6.45) is 2.70. The number of hydrogen-bond acceptors (Lipinski definition) is 1. The van der Waals surface area contributed by atoms with Crippen molar-refractivity contribution in [3.63, 3.8) is 0 Å². The Kier molecular flexibility index (Phi) is 5.57. The van der Waals surface area contributed by atoms with Crippen LogP contribution in [0, 0.1) is 5.41 Å². The van der Waals surface area contributed by atoms with Crippen LogP contribution in [-0.4, -0.2) is 19.6 Å². The molecule has 0 bridgehead atoms. The predicted octanol–water partition coefficient (Wildman–Crippen LogP) is 3.87. The van der Waals surface area contributed by atoms with Crippen LogP contribution in [0.2, 0.25) is 0 Å². The summed E-state index contributed by atoms with van der Waals surface area (Å²) in [6, 6.07) is 0. The second-order valence-corrected chi connectivity index (χ2v) is 4.00. The standard InChI is InChI=1S/C9H16F2O.C2H6/c1-8(10,11)3-4-9(5-6-9)7-12-2;1-2/h3-7H2,1-2H3;1-2H3. The van der Waals surface area contributed by atoms with Crippen LogP contribution in [-0.2, 0) is 4.74 Å². The van der Waals surface area contributed by atoms with Gasteiger partial charge >= 0.3 is 0 Å². The van der Waals surface area contributed by atoms with E-state index in [0.717, 1.165) is 19.8 Å². The second-order valence-electron chi connectivity index (χ2n) is 4.00. The minimum Gasteiger partial charge on any atom is -0.384 e. The fraction of sp³-hybridized carbons (Fsp3) is 1.00. The number of methoxy groups -OCH3 is 1. The Balaban J connectivity index is 0.000000791. The molecule has 86 valence electrons. The normalized spacial score (nSPS) is 18.4. The molecule has 1 aliphatic rings. The highest BCUT2D eigenvalue weighted by molar-refractivity contribution is 4.93. The van der Waals surface area contributed by atoms with Crippen molar-refractivity contribution in [2.45, 2.75) is 52.4 Å². The molecule has 0 spiro atoms. The largest absolute Gasteiger partial charge is 0.384 e. The Morgan fingerprint density at radius 1 is 1.29 bits per heavy atom. The lowest BCUT2D eigenvalue weighted by molar-refractivity contribution is 0.000357. The molecular weight excluding hydrogens is 186 g/mol. The first-order valence-corrected chi connectivity index (χ1v) is 5.34. The number of rotatable bonds is 5. The van der Waals surface area contributed by atoms with E-state index in [9.17, 15) is 8.78 Å². The topological polar surface area (TPSA) is 9.23 Å². The van der Waals surface area contributed by atoms with Gasteiger partial charge in [0.15, 0.2) is 0 Å². The molecule has 0 atom stereocenters. The van der Waals surface area contributed by atoms with Gasteiger partial charge in [-0.15, -0.1) is 0 Å². The summed E-state index contributed by atoms with van der Waals surface area (Å²) in [7, 11) is 1.63. The molecule has 14 heavy (non-hydrogen) atoms. The van der Waals surface area contributed by atoms with Gasteiger partial charge in [0.2, 0.25) is 5.92 Å². The van der Waals surface area contributed by atoms with Crippen LogP contribution < -0.4 is 0 Å². The van der Waals surface area contributed by atoms with E-state index in [2.05, 4.69) is 0 Å². The molecule has 0 saturated heterocycles. The molecule has 0 aliphatic heterocycles. The van der Waals surface area contributed by atoms with E-state index in [1.165, 1.54) is 0 Å². The summed E-state index contributed by atoms with van der Waals surface area (Å²) in [4.78, 5) is 0. The molecular formula is C11H22F2O. The third kappa shape index (κ3) is 5.53. The van der Waals surface area contributed by atoms with Crippen molar-refractivity contribution in [3.8, 4) is 0 Å². The van der Waals surface area contributed by atoms with Crippen LogP contribution in [0.15, 0.2) is 0 Å². The number of alkyl halides is 2. The third-order valence-electron chi connectivity index (χ3n) is 2.50. The highest BCUT2D eigenvalue weighted by Crippen LogP contribution is 2.50. The molecule has 0 unspecified atom stereocenters. The molecule has 1 nitrogen and oxygen atoms in total. The van der Waals surface area contributed by atoms with Crippen molar-refractivity contribution in [1.82, 2.24) is 0 Å². The van der Waals surface area contributed by atoms with Gasteiger partial charge in [0.1, 0.15) is 0 Å². The second kappa shape index (κ2) is 5.64. The smallest absolute Gasteiger partial charge is 0.245 e. The Morgan fingerprint density at radius 2 is 1.79 bits per heavy atom. The molecule has 0 N–H and O–H groups in total. The van der Waals surface area contributed by atoms with E-state index < -0.39 is 5.92 Å². The Hall–Kier alpha value is -0.180. The zero-order chi connectivity index (χ0) is 11.2. The fourth-order valence-electron chi connectivity index (χ4n) is 1.43. The maximum absolute atomic E-state index is 12.5. The van der Waals surface area contributed by atoms with Crippen LogP contribution in [0.5, 0.6) is 0 Å². The first-order valence-electron chi connectivity index (χ1n) is 5.34. The minimum atomic E-state index is -2.51. The molecule has 0 radical (unpaired) electrons. The van der Waals surface area contributed by atoms with E-state index in [1.54, 1.807) is 7.11 Å². The summed E-state index contributed by atoms with van der Waals surface area (Å²) in [5, 5.41) is 0. The van der Waals surface area contributed by atoms with Crippen LogP contribution >= 0.6 is 0 Å². The van der Waals surface area contributed by atoms with Crippen molar-refractivity contribution in [2.24, 2.45) is 5.41 Å². The van der Waals surface area contributed by atoms with Gasteiger partial charge in [0, 0.05) is 13.5 Å². The zero-order valence-electron chi connectivity index (χ0n) is 9.70. The van der Waals surface area contributed by atoms with Gasteiger partial charge in [-0.05, 0) is 31.6 Å². The SMILES string of the molecule is CC.COCC1(CCC(C)(F)F)CC1. The quantitative estimate of drug-likeness (QED) is 0.666. The van der Waals surface area contributed by atoms with E-state index in [4.69, 9.17) is 4.74 Å². The number of hydrogen-bond donors (Lipinski definition) is 0. The lowest BCUT2D eigenvalue weighted by atomic mass is 9.99. The average molecular weight is 208 g/mol. The fourth-order valence-corrected chi connectivity index (χ4v) is 1.43. The molecule has 1 saturated carbocycles. The van der Waals surface area contributed by atoms with E-state index in [0.29, 0.717) is 13.0 Å². The summed E-state index contributed by atoms with van der Waals surface area (Å²) < 4.78 is 29.9. The summed E-state index contributed by atoms with van der Waals surface area (Å²) in [5.41, 5.74) is 0.105. The first kappa shape index (κ1) is 13.8. The monoisotopic (exact) mass is 208 g/mol. The molecule has 0 amide bonds. The van der Waals surface area contributed by atoms with E-state index >= 15 is 0 Å². The average Bonchev–Trinajstić information content (AvgIpc) is 2.86. The lowest BCUT2D eigenvalue weighted by Gasteiger charge is -2.16. The molecule has 0 aromatic carbocycles.